The smallest absolute Gasteiger partial charge is 0.162 e. The van der Waals surface area contributed by atoms with E-state index >= 15 is 0 Å². The highest BCUT2D eigenvalue weighted by Gasteiger charge is 2.07. The van der Waals surface area contributed by atoms with Gasteiger partial charge in [0.15, 0.2) is 11.5 Å². The summed E-state index contributed by atoms with van der Waals surface area (Å²) >= 11 is 0. The summed E-state index contributed by atoms with van der Waals surface area (Å²) in [6.45, 7) is 0.999. The zero-order valence-electron chi connectivity index (χ0n) is 14.3. The van der Waals surface area contributed by atoms with Crippen LogP contribution >= 0.6 is 0 Å². The van der Waals surface area contributed by atoms with E-state index in [4.69, 9.17) is 9.47 Å². The molecule has 126 valence electrons. The third-order valence-electron chi connectivity index (χ3n) is 3.72. The topological polar surface area (TPSA) is 30.8 Å². The third kappa shape index (κ3) is 4.95. The van der Waals surface area contributed by atoms with Crippen LogP contribution in [0.2, 0.25) is 0 Å². The molecule has 0 unspecified atom stereocenters. The summed E-state index contributed by atoms with van der Waals surface area (Å²) in [6.07, 6.45) is 1.80. The standard InChI is InChI=1S/C22H21NO2/c1-23-15-20-12-13-21(24-16-18-8-4-2-5-9-18)22(14-20)25-17-19-10-6-3-7-11-19/h2-15H,16-17H2,1H3. The summed E-state index contributed by atoms with van der Waals surface area (Å²) in [7, 11) is 1.75. The lowest BCUT2D eigenvalue weighted by Gasteiger charge is -2.14. The maximum Gasteiger partial charge on any atom is 0.162 e. The highest BCUT2D eigenvalue weighted by atomic mass is 16.5. The number of benzene rings is 3. The summed E-state index contributed by atoms with van der Waals surface area (Å²) in [5.41, 5.74) is 3.22. The zero-order chi connectivity index (χ0) is 17.3. The zero-order valence-corrected chi connectivity index (χ0v) is 14.3. The van der Waals surface area contributed by atoms with Crippen LogP contribution in [0.3, 0.4) is 0 Å². The molecule has 3 nitrogen and oxygen atoms in total. The molecule has 0 N–H and O–H groups in total. The first-order valence-corrected chi connectivity index (χ1v) is 8.25. The Labute approximate surface area is 148 Å². The summed E-state index contributed by atoms with van der Waals surface area (Å²) in [5.74, 6) is 1.45. The molecule has 0 radical (unpaired) electrons. The molecule has 0 spiro atoms. The van der Waals surface area contributed by atoms with Gasteiger partial charge in [-0.05, 0) is 34.9 Å². The van der Waals surface area contributed by atoms with Gasteiger partial charge in [-0.3, -0.25) is 4.99 Å². The van der Waals surface area contributed by atoms with Crippen molar-refractivity contribution in [1.29, 1.82) is 0 Å². The van der Waals surface area contributed by atoms with Crippen LogP contribution in [0.15, 0.2) is 83.9 Å². The van der Waals surface area contributed by atoms with E-state index in [9.17, 15) is 0 Å². The van der Waals surface area contributed by atoms with E-state index < -0.39 is 0 Å². The van der Waals surface area contributed by atoms with Gasteiger partial charge < -0.3 is 9.47 Å². The van der Waals surface area contributed by atoms with Crippen LogP contribution in [-0.2, 0) is 13.2 Å². The maximum atomic E-state index is 6.01. The van der Waals surface area contributed by atoms with Gasteiger partial charge in [0.25, 0.3) is 0 Å². The van der Waals surface area contributed by atoms with Gasteiger partial charge in [-0.25, -0.2) is 0 Å². The van der Waals surface area contributed by atoms with E-state index in [1.165, 1.54) is 0 Å². The van der Waals surface area contributed by atoms with Crippen molar-refractivity contribution in [3.05, 3.63) is 95.6 Å². The summed E-state index contributed by atoms with van der Waals surface area (Å²) < 4.78 is 12.0. The van der Waals surface area contributed by atoms with Gasteiger partial charge in [-0.2, -0.15) is 0 Å². The average molecular weight is 331 g/mol. The highest BCUT2D eigenvalue weighted by molar-refractivity contribution is 5.80. The molecule has 0 amide bonds. The average Bonchev–Trinajstić information content (AvgIpc) is 2.67. The number of nitrogens with zero attached hydrogens (tertiary/aromatic N) is 1. The van der Waals surface area contributed by atoms with Gasteiger partial charge >= 0.3 is 0 Å². The molecule has 0 saturated carbocycles. The van der Waals surface area contributed by atoms with Crippen molar-refractivity contribution in [2.45, 2.75) is 13.2 Å². The lowest BCUT2D eigenvalue weighted by molar-refractivity contribution is 0.256. The number of aliphatic imine (C=N–C) groups is 1. The van der Waals surface area contributed by atoms with Gasteiger partial charge in [0, 0.05) is 13.3 Å². The molecule has 0 saturated heterocycles. The van der Waals surface area contributed by atoms with Gasteiger partial charge in [-0.15, -0.1) is 0 Å². The van der Waals surface area contributed by atoms with Crippen molar-refractivity contribution >= 4 is 6.21 Å². The van der Waals surface area contributed by atoms with Crippen molar-refractivity contribution in [1.82, 2.24) is 0 Å². The Kier molecular flexibility index (Phi) is 5.83. The fourth-order valence-corrected chi connectivity index (χ4v) is 2.46. The molecule has 3 aromatic carbocycles. The van der Waals surface area contributed by atoms with Crippen LogP contribution in [0, 0.1) is 0 Å². The van der Waals surface area contributed by atoms with Gasteiger partial charge in [-0.1, -0.05) is 60.7 Å². The Morgan fingerprint density at radius 2 is 1.28 bits per heavy atom. The van der Waals surface area contributed by atoms with Gasteiger partial charge in [0.05, 0.1) is 0 Å². The second-order valence-electron chi connectivity index (χ2n) is 5.64. The number of rotatable bonds is 7. The van der Waals surface area contributed by atoms with Crippen LogP contribution in [0.25, 0.3) is 0 Å². The molecular weight excluding hydrogens is 310 g/mol. The summed E-state index contributed by atoms with van der Waals surface area (Å²) in [4.78, 5) is 4.07. The van der Waals surface area contributed by atoms with Crippen molar-refractivity contribution < 1.29 is 9.47 Å². The molecule has 3 rings (SSSR count). The maximum absolute atomic E-state index is 6.01. The summed E-state index contributed by atoms with van der Waals surface area (Å²) in [6, 6.07) is 26.1. The Bertz CT molecular complexity index is 814. The van der Waals surface area contributed by atoms with E-state index in [1.54, 1.807) is 13.3 Å². The molecule has 0 heterocycles. The first kappa shape index (κ1) is 16.8. The van der Waals surface area contributed by atoms with Crippen molar-refractivity contribution in [3.63, 3.8) is 0 Å². The predicted octanol–water partition coefficient (Wildman–Crippen LogP) is 4.89. The monoisotopic (exact) mass is 331 g/mol. The van der Waals surface area contributed by atoms with Crippen LogP contribution in [0.1, 0.15) is 16.7 Å². The lowest BCUT2D eigenvalue weighted by Crippen LogP contribution is -2.01. The SMILES string of the molecule is CN=Cc1ccc(OCc2ccccc2)c(OCc2ccccc2)c1. The first-order chi connectivity index (χ1) is 12.3. The van der Waals surface area contributed by atoms with Crippen molar-refractivity contribution in [2.24, 2.45) is 4.99 Å². The van der Waals surface area contributed by atoms with Gasteiger partial charge in [0.1, 0.15) is 13.2 Å². The molecule has 0 atom stereocenters. The molecule has 0 aliphatic heterocycles. The fourth-order valence-electron chi connectivity index (χ4n) is 2.46. The number of ether oxygens (including phenoxy) is 2. The normalized spacial score (nSPS) is 10.8. The van der Waals surface area contributed by atoms with Crippen molar-refractivity contribution in [3.8, 4) is 11.5 Å². The first-order valence-electron chi connectivity index (χ1n) is 8.25. The van der Waals surface area contributed by atoms with E-state index in [1.807, 2.05) is 78.9 Å². The number of hydrogen-bond acceptors (Lipinski definition) is 3. The van der Waals surface area contributed by atoms with E-state index in [0.29, 0.717) is 13.2 Å². The third-order valence-corrected chi connectivity index (χ3v) is 3.72. The highest BCUT2D eigenvalue weighted by Crippen LogP contribution is 2.29. The number of hydrogen-bond donors (Lipinski definition) is 0. The fraction of sp³-hybridized carbons (Fsp3) is 0.136. The van der Waals surface area contributed by atoms with Gasteiger partial charge in [0.2, 0.25) is 0 Å². The van der Waals surface area contributed by atoms with Crippen LogP contribution in [0.4, 0.5) is 0 Å². The quantitative estimate of drug-likeness (QED) is 0.577. The lowest BCUT2D eigenvalue weighted by atomic mass is 10.2. The predicted molar refractivity (Wildman–Crippen MR) is 102 cm³/mol. The Morgan fingerprint density at radius 1 is 0.720 bits per heavy atom. The van der Waals surface area contributed by atoms with Crippen LogP contribution in [-0.4, -0.2) is 13.3 Å². The van der Waals surface area contributed by atoms with Crippen LogP contribution < -0.4 is 9.47 Å². The van der Waals surface area contributed by atoms with E-state index in [0.717, 1.165) is 28.2 Å². The molecule has 0 aliphatic rings. The molecule has 0 fully saturated rings. The molecule has 3 heteroatoms. The second kappa shape index (κ2) is 8.69. The van der Waals surface area contributed by atoms with E-state index in [2.05, 4.69) is 4.99 Å². The molecule has 3 aromatic rings. The van der Waals surface area contributed by atoms with Crippen molar-refractivity contribution in [2.75, 3.05) is 7.05 Å². The molecule has 25 heavy (non-hydrogen) atoms. The molecule has 0 aromatic heterocycles. The summed E-state index contributed by atoms with van der Waals surface area (Å²) in [5, 5.41) is 0. The minimum Gasteiger partial charge on any atom is -0.485 e. The second-order valence-corrected chi connectivity index (χ2v) is 5.64. The minimum atomic E-state index is 0.495. The van der Waals surface area contributed by atoms with E-state index in [-0.39, 0.29) is 0 Å². The molecule has 0 aliphatic carbocycles. The molecular formula is C22H21NO2. The largest absolute Gasteiger partial charge is 0.485 e. The Morgan fingerprint density at radius 3 is 1.84 bits per heavy atom. The Balaban J connectivity index is 1.76. The van der Waals surface area contributed by atoms with Crippen LogP contribution in [0.5, 0.6) is 11.5 Å². The Hall–Kier alpha value is -3.07. The molecule has 0 bridgehead atoms. The minimum absolute atomic E-state index is 0.495.